The number of hydrogen-bond donors (Lipinski definition) is 0. The first-order chi connectivity index (χ1) is 6.52. The van der Waals surface area contributed by atoms with Gasteiger partial charge in [-0.1, -0.05) is 19.8 Å². The lowest BCUT2D eigenvalue weighted by Crippen LogP contribution is -2.26. The molecule has 0 spiro atoms. The second-order valence-corrected chi connectivity index (χ2v) is 3.01. The summed E-state index contributed by atoms with van der Waals surface area (Å²) in [5.41, 5.74) is 0. The molecule has 0 heterocycles. The Bertz CT molecular complexity index is 185. The van der Waals surface area contributed by atoms with Crippen molar-refractivity contribution in [3.63, 3.8) is 0 Å². The smallest absolute Gasteiger partial charge is 0.380 e. The van der Waals surface area contributed by atoms with Crippen LogP contribution in [0.15, 0.2) is 0 Å². The molecule has 14 heavy (non-hydrogen) atoms. The lowest BCUT2D eigenvalue weighted by molar-refractivity contribution is -0.171. The van der Waals surface area contributed by atoms with E-state index in [1.165, 1.54) is 6.07 Å². The highest BCUT2D eigenvalue weighted by molar-refractivity contribution is 4.88. The Morgan fingerprint density at radius 3 is 2.43 bits per heavy atom. The molecular weight excluding hydrogens is 195 g/mol. The molecule has 1 atom stereocenters. The fourth-order valence-corrected chi connectivity index (χ4v) is 0.860. The highest BCUT2D eigenvalue weighted by atomic mass is 19.4. The Morgan fingerprint density at radius 2 is 2.00 bits per heavy atom. The molecule has 0 aliphatic carbocycles. The van der Waals surface area contributed by atoms with Crippen LogP contribution in [0, 0.1) is 17.2 Å². The zero-order valence-electron chi connectivity index (χ0n) is 8.10. The normalized spacial score (nSPS) is 13.6. The van der Waals surface area contributed by atoms with Crippen LogP contribution in [-0.2, 0) is 4.74 Å². The summed E-state index contributed by atoms with van der Waals surface area (Å²) >= 11 is 0. The quantitative estimate of drug-likeness (QED) is 0.630. The molecule has 0 radical (unpaired) electrons. The second kappa shape index (κ2) is 6.66. The maximum Gasteiger partial charge on any atom is 0.406 e. The molecule has 0 aromatic heterocycles. The third-order valence-electron chi connectivity index (χ3n) is 1.73. The number of halogens is 3. The highest BCUT2D eigenvalue weighted by Crippen LogP contribution is 2.25. The standard InChI is InChI=1S/C9H14F3NO/c1-2-3-4-5-14-7-8(6-13)9(10,11)12/h8H,2-5,7H2,1H3. The molecule has 0 amide bonds. The van der Waals surface area contributed by atoms with Crippen molar-refractivity contribution in [1.82, 2.24) is 0 Å². The number of ether oxygens (including phenoxy) is 1. The van der Waals surface area contributed by atoms with Crippen molar-refractivity contribution in [2.75, 3.05) is 13.2 Å². The van der Waals surface area contributed by atoms with Crippen LogP contribution in [0.5, 0.6) is 0 Å². The summed E-state index contributed by atoms with van der Waals surface area (Å²) in [4.78, 5) is 0. The number of unbranched alkanes of at least 4 members (excludes halogenated alkanes) is 2. The largest absolute Gasteiger partial charge is 0.406 e. The molecule has 0 saturated heterocycles. The molecule has 0 aromatic rings. The van der Waals surface area contributed by atoms with E-state index in [-0.39, 0.29) is 0 Å². The minimum Gasteiger partial charge on any atom is -0.380 e. The Hall–Kier alpha value is -0.760. The summed E-state index contributed by atoms with van der Waals surface area (Å²) in [5, 5.41) is 8.21. The first-order valence-corrected chi connectivity index (χ1v) is 4.56. The van der Waals surface area contributed by atoms with Crippen molar-refractivity contribution in [2.45, 2.75) is 32.4 Å². The van der Waals surface area contributed by atoms with Crippen LogP contribution >= 0.6 is 0 Å². The van der Waals surface area contributed by atoms with Gasteiger partial charge in [0.15, 0.2) is 5.92 Å². The number of nitriles is 1. The van der Waals surface area contributed by atoms with Gasteiger partial charge in [0, 0.05) is 6.61 Å². The monoisotopic (exact) mass is 209 g/mol. The van der Waals surface area contributed by atoms with Crippen molar-refractivity contribution < 1.29 is 17.9 Å². The first kappa shape index (κ1) is 13.2. The molecule has 82 valence electrons. The lowest BCUT2D eigenvalue weighted by atomic mass is 10.2. The van der Waals surface area contributed by atoms with Crippen LogP contribution in [0.1, 0.15) is 26.2 Å². The van der Waals surface area contributed by atoms with Crippen LogP contribution in [0.4, 0.5) is 13.2 Å². The fraction of sp³-hybridized carbons (Fsp3) is 0.889. The predicted molar refractivity (Wildman–Crippen MR) is 45.5 cm³/mol. The number of rotatable bonds is 6. The molecule has 2 nitrogen and oxygen atoms in total. The van der Waals surface area contributed by atoms with Crippen LogP contribution in [0.2, 0.25) is 0 Å². The zero-order chi connectivity index (χ0) is 11.0. The molecule has 0 fully saturated rings. The second-order valence-electron chi connectivity index (χ2n) is 3.01. The molecule has 0 N–H and O–H groups in total. The SMILES string of the molecule is CCCCCOCC(C#N)C(F)(F)F. The van der Waals surface area contributed by atoms with E-state index in [4.69, 9.17) is 10.00 Å². The van der Waals surface area contributed by atoms with Gasteiger partial charge in [-0.25, -0.2) is 0 Å². The van der Waals surface area contributed by atoms with E-state index >= 15 is 0 Å². The van der Waals surface area contributed by atoms with E-state index < -0.39 is 18.7 Å². The third-order valence-corrected chi connectivity index (χ3v) is 1.73. The number of nitrogens with zero attached hydrogens (tertiary/aromatic N) is 1. The molecule has 0 rings (SSSR count). The molecule has 1 unspecified atom stereocenters. The minimum atomic E-state index is -4.47. The molecule has 0 bridgehead atoms. The van der Waals surface area contributed by atoms with Gasteiger partial charge < -0.3 is 4.74 Å². The van der Waals surface area contributed by atoms with Gasteiger partial charge in [0.1, 0.15) is 0 Å². The highest BCUT2D eigenvalue weighted by Gasteiger charge is 2.39. The van der Waals surface area contributed by atoms with Crippen molar-refractivity contribution in [3.8, 4) is 6.07 Å². The van der Waals surface area contributed by atoms with E-state index in [0.717, 1.165) is 19.3 Å². The van der Waals surface area contributed by atoms with Crippen molar-refractivity contribution in [2.24, 2.45) is 5.92 Å². The van der Waals surface area contributed by atoms with Gasteiger partial charge >= 0.3 is 6.18 Å². The Labute approximate surface area is 81.7 Å². The summed E-state index contributed by atoms with van der Waals surface area (Å²) in [5.74, 6) is -2.00. The molecule has 5 heteroatoms. The van der Waals surface area contributed by atoms with Crippen LogP contribution in [0.25, 0.3) is 0 Å². The molecule has 0 saturated carbocycles. The van der Waals surface area contributed by atoms with Crippen molar-refractivity contribution >= 4 is 0 Å². The number of alkyl halides is 3. The predicted octanol–water partition coefficient (Wildman–Crippen LogP) is 2.90. The van der Waals surface area contributed by atoms with Gasteiger partial charge in [0.25, 0.3) is 0 Å². The van der Waals surface area contributed by atoms with Gasteiger partial charge in [0.2, 0.25) is 0 Å². The van der Waals surface area contributed by atoms with E-state index in [1.807, 2.05) is 6.92 Å². The summed E-state index contributed by atoms with van der Waals surface area (Å²) in [6.45, 7) is 1.74. The summed E-state index contributed by atoms with van der Waals surface area (Å²) in [6.07, 6.45) is -1.81. The first-order valence-electron chi connectivity index (χ1n) is 4.56. The van der Waals surface area contributed by atoms with Gasteiger partial charge in [0.05, 0.1) is 12.7 Å². The third kappa shape index (κ3) is 5.81. The summed E-state index contributed by atoms with van der Waals surface area (Å²) in [6, 6.07) is 1.18. The Balaban J connectivity index is 3.61. The Kier molecular flexibility index (Phi) is 6.30. The van der Waals surface area contributed by atoms with Gasteiger partial charge in [-0.3, -0.25) is 0 Å². The van der Waals surface area contributed by atoms with Crippen LogP contribution in [0.3, 0.4) is 0 Å². The minimum absolute atomic E-state index is 0.294. The average Bonchev–Trinajstić information content (AvgIpc) is 2.09. The fourth-order valence-electron chi connectivity index (χ4n) is 0.860. The molecule has 0 aliphatic heterocycles. The van der Waals surface area contributed by atoms with E-state index in [1.54, 1.807) is 0 Å². The van der Waals surface area contributed by atoms with Gasteiger partial charge in [-0.15, -0.1) is 0 Å². The average molecular weight is 209 g/mol. The van der Waals surface area contributed by atoms with Crippen LogP contribution < -0.4 is 0 Å². The maximum absolute atomic E-state index is 12.0. The van der Waals surface area contributed by atoms with E-state index in [9.17, 15) is 13.2 Å². The van der Waals surface area contributed by atoms with Crippen LogP contribution in [-0.4, -0.2) is 19.4 Å². The zero-order valence-corrected chi connectivity index (χ0v) is 8.10. The van der Waals surface area contributed by atoms with Gasteiger partial charge in [-0.2, -0.15) is 18.4 Å². The lowest BCUT2D eigenvalue weighted by Gasteiger charge is -2.12. The van der Waals surface area contributed by atoms with E-state index in [2.05, 4.69) is 0 Å². The topological polar surface area (TPSA) is 33.0 Å². The van der Waals surface area contributed by atoms with Crippen molar-refractivity contribution in [1.29, 1.82) is 5.26 Å². The Morgan fingerprint density at radius 1 is 1.36 bits per heavy atom. The molecule has 0 aliphatic rings. The van der Waals surface area contributed by atoms with Gasteiger partial charge in [-0.05, 0) is 6.42 Å². The maximum atomic E-state index is 12.0. The molecule has 0 aromatic carbocycles. The summed E-state index contributed by atoms with van der Waals surface area (Å²) in [7, 11) is 0. The van der Waals surface area contributed by atoms with Crippen molar-refractivity contribution in [3.05, 3.63) is 0 Å². The molecular formula is C9H14F3NO. The summed E-state index contributed by atoms with van der Waals surface area (Å²) < 4.78 is 40.8. The number of hydrogen-bond acceptors (Lipinski definition) is 2. The van der Waals surface area contributed by atoms with E-state index in [0.29, 0.717) is 6.61 Å².